The molecule has 4 nitrogen and oxygen atoms in total. The number of halogens is 1. The fourth-order valence-corrected chi connectivity index (χ4v) is 0.588. The van der Waals surface area contributed by atoms with Gasteiger partial charge in [0.25, 0.3) is 0 Å². The van der Waals surface area contributed by atoms with E-state index in [4.69, 9.17) is 21.6 Å². The maximum absolute atomic E-state index is 8.14. The molecule has 0 aliphatic rings. The van der Waals surface area contributed by atoms with Crippen molar-refractivity contribution in [2.45, 2.75) is 0 Å². The second-order valence-electron chi connectivity index (χ2n) is 1.63. The lowest BCUT2D eigenvalue weighted by atomic mass is 10.6. The molecule has 0 atom stereocenters. The lowest BCUT2D eigenvalue weighted by molar-refractivity contribution is 0.365. The van der Waals surface area contributed by atoms with Crippen molar-refractivity contribution in [2.75, 3.05) is 6.61 Å². The van der Waals surface area contributed by atoms with Crippen LogP contribution in [0.3, 0.4) is 0 Å². The third-order valence-corrected chi connectivity index (χ3v) is 1.10. The van der Waals surface area contributed by atoms with Crippen LogP contribution < -0.4 is 4.74 Å². The highest BCUT2D eigenvalue weighted by molar-refractivity contribution is 6.28. The molecule has 0 aromatic carbocycles. The molecule has 0 saturated carbocycles. The van der Waals surface area contributed by atoms with Gasteiger partial charge in [0.15, 0.2) is 12.4 Å². The third kappa shape index (κ3) is 2.40. The van der Waals surface area contributed by atoms with Gasteiger partial charge in [-0.15, -0.1) is 0 Å². The van der Waals surface area contributed by atoms with E-state index in [9.17, 15) is 0 Å². The molecule has 5 heteroatoms. The summed E-state index contributed by atoms with van der Waals surface area (Å²) >= 11 is 5.40. The van der Waals surface area contributed by atoms with E-state index in [0.717, 1.165) is 0 Å². The van der Waals surface area contributed by atoms with Crippen molar-refractivity contribution >= 4 is 11.6 Å². The molecule has 0 amide bonds. The number of rotatable bonds is 2. The van der Waals surface area contributed by atoms with E-state index in [-0.39, 0.29) is 11.9 Å². The summed E-state index contributed by atoms with van der Waals surface area (Å²) in [5, 5.41) is 8.30. The smallest absolute Gasteiger partial charge is 0.222 e. The average Bonchev–Trinajstić information content (AvgIpc) is 2.04. The Morgan fingerprint density at radius 3 is 2.73 bits per heavy atom. The first-order valence-corrected chi connectivity index (χ1v) is 3.18. The van der Waals surface area contributed by atoms with Crippen LogP contribution in [0.4, 0.5) is 0 Å². The average molecular weight is 170 g/mol. The first kappa shape index (κ1) is 7.76. The van der Waals surface area contributed by atoms with Crippen LogP contribution in [0.15, 0.2) is 12.4 Å². The zero-order valence-electron chi connectivity index (χ0n) is 5.49. The summed E-state index contributed by atoms with van der Waals surface area (Å²) in [6.45, 7) is -0.00894. The van der Waals surface area contributed by atoms with Gasteiger partial charge in [-0.3, -0.25) is 0 Å². The lowest BCUT2D eigenvalue weighted by Crippen LogP contribution is -1.94. The van der Waals surface area contributed by atoms with Gasteiger partial charge in [0.1, 0.15) is 6.07 Å². The molecule has 0 N–H and O–H groups in total. The van der Waals surface area contributed by atoms with E-state index in [1.54, 1.807) is 0 Å². The maximum atomic E-state index is 8.14. The van der Waals surface area contributed by atoms with Crippen molar-refractivity contribution in [1.29, 1.82) is 5.26 Å². The molecule has 1 aromatic heterocycles. The van der Waals surface area contributed by atoms with E-state index in [2.05, 4.69) is 9.97 Å². The maximum Gasteiger partial charge on any atom is 0.222 e. The Hall–Kier alpha value is -1.34. The SMILES string of the molecule is N#CCOc1cnc(Cl)nc1. The summed E-state index contributed by atoms with van der Waals surface area (Å²) in [6.07, 6.45) is 2.82. The predicted octanol–water partition coefficient (Wildman–Crippen LogP) is 1.03. The molecule has 0 aliphatic carbocycles. The summed E-state index contributed by atoms with van der Waals surface area (Å²) in [4.78, 5) is 7.30. The Kier molecular flexibility index (Phi) is 2.64. The Balaban J connectivity index is 2.60. The molecular formula is C6H4ClN3O. The molecular weight excluding hydrogens is 166 g/mol. The highest BCUT2D eigenvalue weighted by Crippen LogP contribution is 2.07. The van der Waals surface area contributed by atoms with Crippen LogP contribution in [0.25, 0.3) is 0 Å². The number of hydrogen-bond acceptors (Lipinski definition) is 4. The van der Waals surface area contributed by atoms with Crippen LogP contribution >= 0.6 is 11.6 Å². The van der Waals surface area contributed by atoms with E-state index in [0.29, 0.717) is 5.75 Å². The molecule has 0 unspecified atom stereocenters. The molecule has 0 radical (unpaired) electrons. The Labute approximate surface area is 68.4 Å². The van der Waals surface area contributed by atoms with Gasteiger partial charge in [0, 0.05) is 0 Å². The molecule has 1 heterocycles. The van der Waals surface area contributed by atoms with Crippen molar-refractivity contribution in [3.63, 3.8) is 0 Å². The third-order valence-electron chi connectivity index (χ3n) is 0.900. The van der Waals surface area contributed by atoms with Crippen molar-refractivity contribution in [1.82, 2.24) is 9.97 Å². The lowest BCUT2D eigenvalue weighted by Gasteiger charge is -1.97. The quantitative estimate of drug-likeness (QED) is 0.621. The second-order valence-corrected chi connectivity index (χ2v) is 1.97. The molecule has 0 bridgehead atoms. The van der Waals surface area contributed by atoms with Crippen molar-refractivity contribution in [3.05, 3.63) is 17.7 Å². The first-order chi connectivity index (χ1) is 5.33. The fraction of sp³-hybridized carbons (Fsp3) is 0.167. The van der Waals surface area contributed by atoms with Crippen LogP contribution in [0, 0.1) is 11.3 Å². The Morgan fingerprint density at radius 1 is 1.55 bits per heavy atom. The first-order valence-electron chi connectivity index (χ1n) is 2.80. The number of hydrogen-bond donors (Lipinski definition) is 0. The normalized spacial score (nSPS) is 8.73. The summed E-state index contributed by atoms with van der Waals surface area (Å²) in [7, 11) is 0. The van der Waals surface area contributed by atoms with Crippen molar-refractivity contribution in [3.8, 4) is 11.8 Å². The van der Waals surface area contributed by atoms with Crippen molar-refractivity contribution in [2.24, 2.45) is 0 Å². The van der Waals surface area contributed by atoms with Gasteiger partial charge in [-0.2, -0.15) is 5.26 Å². The van der Waals surface area contributed by atoms with Gasteiger partial charge in [0.2, 0.25) is 5.28 Å². The number of nitrogens with zero attached hydrogens (tertiary/aromatic N) is 3. The van der Waals surface area contributed by atoms with Gasteiger partial charge in [-0.05, 0) is 11.6 Å². The minimum absolute atomic E-state index is 0.00894. The van der Waals surface area contributed by atoms with E-state index in [1.807, 2.05) is 6.07 Å². The molecule has 1 rings (SSSR count). The number of ether oxygens (including phenoxy) is 1. The van der Waals surface area contributed by atoms with E-state index < -0.39 is 0 Å². The number of nitriles is 1. The predicted molar refractivity (Wildman–Crippen MR) is 38.2 cm³/mol. The van der Waals surface area contributed by atoms with Crippen LogP contribution in [0.2, 0.25) is 5.28 Å². The van der Waals surface area contributed by atoms with Gasteiger partial charge in [0.05, 0.1) is 12.4 Å². The zero-order valence-corrected chi connectivity index (χ0v) is 6.25. The van der Waals surface area contributed by atoms with Gasteiger partial charge in [-0.1, -0.05) is 0 Å². The van der Waals surface area contributed by atoms with E-state index in [1.165, 1.54) is 12.4 Å². The van der Waals surface area contributed by atoms with Gasteiger partial charge >= 0.3 is 0 Å². The van der Waals surface area contributed by atoms with Crippen LogP contribution in [-0.4, -0.2) is 16.6 Å². The highest BCUT2D eigenvalue weighted by atomic mass is 35.5. The minimum Gasteiger partial charge on any atom is -0.476 e. The highest BCUT2D eigenvalue weighted by Gasteiger charge is 1.93. The Morgan fingerprint density at radius 2 is 2.18 bits per heavy atom. The molecule has 11 heavy (non-hydrogen) atoms. The summed E-state index contributed by atoms with van der Waals surface area (Å²) in [5.74, 6) is 0.441. The monoisotopic (exact) mass is 169 g/mol. The van der Waals surface area contributed by atoms with Crippen LogP contribution in [-0.2, 0) is 0 Å². The van der Waals surface area contributed by atoms with Gasteiger partial charge < -0.3 is 4.74 Å². The summed E-state index contributed by atoms with van der Waals surface area (Å²) < 4.78 is 4.87. The number of aromatic nitrogens is 2. The van der Waals surface area contributed by atoms with Crippen LogP contribution in [0.5, 0.6) is 5.75 Å². The van der Waals surface area contributed by atoms with Crippen molar-refractivity contribution < 1.29 is 4.74 Å². The molecule has 0 saturated heterocycles. The topological polar surface area (TPSA) is 58.8 Å². The largest absolute Gasteiger partial charge is 0.476 e. The summed E-state index contributed by atoms with van der Waals surface area (Å²) in [6, 6.07) is 1.82. The molecule has 0 fully saturated rings. The fourth-order valence-electron chi connectivity index (χ4n) is 0.491. The molecule has 1 aromatic rings. The van der Waals surface area contributed by atoms with Gasteiger partial charge in [-0.25, -0.2) is 9.97 Å². The second kappa shape index (κ2) is 3.74. The standard InChI is InChI=1S/C6H4ClN3O/c7-6-9-3-5(4-10-6)11-2-1-8/h3-4H,2H2. The van der Waals surface area contributed by atoms with E-state index >= 15 is 0 Å². The minimum atomic E-state index is -0.00894. The summed E-state index contributed by atoms with van der Waals surface area (Å²) in [5.41, 5.74) is 0. The molecule has 0 aliphatic heterocycles. The Bertz CT molecular complexity index is 266. The molecule has 56 valence electrons. The van der Waals surface area contributed by atoms with Crippen LogP contribution in [0.1, 0.15) is 0 Å². The zero-order chi connectivity index (χ0) is 8.10. The molecule has 0 spiro atoms.